The molecule has 0 saturated carbocycles. The van der Waals surface area contributed by atoms with Crippen molar-refractivity contribution in [1.29, 1.82) is 0 Å². The van der Waals surface area contributed by atoms with Gasteiger partial charge in [0.2, 0.25) is 11.8 Å². The lowest BCUT2D eigenvalue weighted by molar-refractivity contribution is -0.123. The van der Waals surface area contributed by atoms with Crippen LogP contribution in [-0.2, 0) is 9.59 Å². The zero-order chi connectivity index (χ0) is 22.2. The summed E-state index contributed by atoms with van der Waals surface area (Å²) in [5.41, 5.74) is -1.70. The molecular weight excluding hydrogens is 411 g/mol. The van der Waals surface area contributed by atoms with Crippen molar-refractivity contribution < 1.29 is 31.5 Å². The first-order valence-corrected chi connectivity index (χ1v) is 8.72. The minimum Gasteiger partial charge on any atom is -0.358 e. The standard InChI is InChI=1S/C19H16F5N4O2/c1-8-11(6-14(29)27-9(2)16-12(21)5-10(20)7-26-16)18(30)28-13-3-4-25-17(15(8)13)19(22,23)24/h3-5,7,9,25H,6H2,1-2H3,(H,27,29)(H,28,30)/t9-/m0/s1. The van der Waals surface area contributed by atoms with Crippen LogP contribution in [0.1, 0.15) is 32.0 Å². The normalized spacial score (nSPS) is 18.0. The maximum Gasteiger partial charge on any atom is 0.431 e. The van der Waals surface area contributed by atoms with Crippen molar-refractivity contribution in [2.75, 3.05) is 0 Å². The van der Waals surface area contributed by atoms with E-state index in [0.717, 1.165) is 12.4 Å². The molecule has 2 amide bonds. The van der Waals surface area contributed by atoms with E-state index in [1.165, 1.54) is 19.9 Å². The van der Waals surface area contributed by atoms with Gasteiger partial charge in [0.25, 0.3) is 0 Å². The van der Waals surface area contributed by atoms with Gasteiger partial charge in [-0.3, -0.25) is 14.6 Å². The number of carbonyl (C=O) groups excluding carboxylic acids is 2. The minimum atomic E-state index is -4.71. The maximum absolute atomic E-state index is 13.8. The topological polar surface area (TPSA) is 83.1 Å². The first-order valence-electron chi connectivity index (χ1n) is 8.72. The highest BCUT2D eigenvalue weighted by Gasteiger charge is 2.43. The van der Waals surface area contributed by atoms with Crippen molar-refractivity contribution in [1.82, 2.24) is 20.9 Å². The summed E-state index contributed by atoms with van der Waals surface area (Å²) in [6.45, 7) is 2.71. The summed E-state index contributed by atoms with van der Waals surface area (Å²) in [6.07, 6.45) is -2.13. The second-order valence-electron chi connectivity index (χ2n) is 6.68. The number of pyridine rings is 1. The van der Waals surface area contributed by atoms with Crippen molar-refractivity contribution >= 4 is 11.8 Å². The fourth-order valence-electron chi connectivity index (χ4n) is 3.21. The van der Waals surface area contributed by atoms with Gasteiger partial charge < -0.3 is 16.0 Å². The number of rotatable bonds is 4. The molecule has 30 heavy (non-hydrogen) atoms. The smallest absolute Gasteiger partial charge is 0.358 e. The van der Waals surface area contributed by atoms with Gasteiger partial charge in [0.05, 0.1) is 24.4 Å². The largest absolute Gasteiger partial charge is 0.431 e. The Hall–Kier alpha value is -3.24. The predicted molar refractivity (Wildman–Crippen MR) is 94.8 cm³/mol. The number of carbonyl (C=O) groups is 2. The van der Waals surface area contributed by atoms with Crippen molar-refractivity contribution in [3.05, 3.63) is 70.3 Å². The molecule has 6 nitrogen and oxygen atoms in total. The lowest BCUT2D eigenvalue weighted by Gasteiger charge is -2.32. The van der Waals surface area contributed by atoms with Crippen LogP contribution < -0.4 is 16.0 Å². The Kier molecular flexibility index (Phi) is 5.64. The van der Waals surface area contributed by atoms with E-state index in [0.29, 0.717) is 6.07 Å². The van der Waals surface area contributed by atoms with E-state index in [-0.39, 0.29) is 28.5 Å². The van der Waals surface area contributed by atoms with E-state index in [1.807, 2.05) is 0 Å². The SMILES string of the molecule is CC1=C(CC(=O)N[C@@H](C)c2ncc(F)cc2F)C(=O)N[C]2C=CNC(C(F)(F)F)=C21. The Morgan fingerprint density at radius 2 is 2.00 bits per heavy atom. The molecule has 11 heteroatoms. The van der Waals surface area contributed by atoms with Gasteiger partial charge in [-0.15, -0.1) is 0 Å². The van der Waals surface area contributed by atoms with Crippen LogP contribution >= 0.6 is 0 Å². The maximum atomic E-state index is 13.8. The highest BCUT2D eigenvalue weighted by Crippen LogP contribution is 2.39. The fraction of sp³-hybridized carbons (Fsp3) is 0.263. The lowest BCUT2D eigenvalue weighted by atomic mass is 9.86. The molecule has 0 aromatic carbocycles. The van der Waals surface area contributed by atoms with E-state index < -0.39 is 47.8 Å². The van der Waals surface area contributed by atoms with Gasteiger partial charge in [0.1, 0.15) is 23.4 Å². The number of halogens is 5. The highest BCUT2D eigenvalue weighted by atomic mass is 19.4. The van der Waals surface area contributed by atoms with Gasteiger partial charge in [-0.1, -0.05) is 0 Å². The minimum absolute atomic E-state index is 0.00758. The molecule has 3 N–H and O–H groups in total. The summed E-state index contributed by atoms with van der Waals surface area (Å²) in [6, 6.07) is -0.381. The summed E-state index contributed by atoms with van der Waals surface area (Å²) in [5.74, 6) is -3.30. The Bertz CT molecular complexity index is 997. The first kappa shape index (κ1) is 21.5. The molecule has 0 spiro atoms. The molecule has 1 radical (unpaired) electrons. The average Bonchev–Trinajstić information content (AvgIpc) is 2.63. The van der Waals surface area contributed by atoms with Crippen molar-refractivity contribution in [2.24, 2.45) is 0 Å². The Balaban J connectivity index is 1.85. The lowest BCUT2D eigenvalue weighted by Crippen LogP contribution is -2.42. The van der Waals surface area contributed by atoms with E-state index in [1.54, 1.807) is 0 Å². The number of aromatic nitrogens is 1. The quantitative estimate of drug-likeness (QED) is 0.646. The second-order valence-corrected chi connectivity index (χ2v) is 6.68. The molecule has 1 aromatic heterocycles. The average molecular weight is 427 g/mol. The zero-order valence-corrected chi connectivity index (χ0v) is 15.7. The molecule has 0 unspecified atom stereocenters. The number of allylic oxidation sites excluding steroid dienone is 1. The number of fused-ring (bicyclic) bond motifs is 1. The number of nitrogens with one attached hydrogen (secondary N) is 3. The molecule has 1 aromatic rings. The molecular formula is C19H16F5N4O2. The molecule has 1 atom stereocenters. The Labute approximate surface area is 167 Å². The summed E-state index contributed by atoms with van der Waals surface area (Å²) in [7, 11) is 0. The second kappa shape index (κ2) is 7.88. The van der Waals surface area contributed by atoms with Crippen molar-refractivity contribution in [3.8, 4) is 0 Å². The molecule has 0 saturated heterocycles. The highest BCUT2D eigenvalue weighted by molar-refractivity contribution is 6.03. The number of hydrogen-bond donors (Lipinski definition) is 3. The van der Waals surface area contributed by atoms with E-state index in [2.05, 4.69) is 20.9 Å². The summed E-state index contributed by atoms with van der Waals surface area (Å²) >= 11 is 0. The Morgan fingerprint density at radius 3 is 2.63 bits per heavy atom. The molecule has 0 fully saturated rings. The van der Waals surface area contributed by atoms with Gasteiger partial charge in [-0.05, 0) is 31.7 Å². The number of amides is 2. The third-order valence-electron chi connectivity index (χ3n) is 4.59. The summed E-state index contributed by atoms with van der Waals surface area (Å²) in [4.78, 5) is 28.3. The number of dihydropyridines is 1. The first-order chi connectivity index (χ1) is 14.0. The molecule has 0 bridgehead atoms. The third-order valence-corrected chi connectivity index (χ3v) is 4.59. The Morgan fingerprint density at radius 1 is 1.30 bits per heavy atom. The van der Waals surface area contributed by atoms with Gasteiger partial charge in [-0.25, -0.2) is 8.78 Å². The van der Waals surface area contributed by atoms with Gasteiger partial charge in [0.15, 0.2) is 0 Å². The predicted octanol–water partition coefficient (Wildman–Crippen LogP) is 2.84. The zero-order valence-electron chi connectivity index (χ0n) is 15.7. The van der Waals surface area contributed by atoms with Gasteiger partial charge in [0, 0.05) is 17.2 Å². The van der Waals surface area contributed by atoms with Crippen LogP contribution in [0.2, 0.25) is 0 Å². The van der Waals surface area contributed by atoms with Crippen LogP contribution in [0, 0.1) is 17.7 Å². The van der Waals surface area contributed by atoms with Crippen LogP contribution in [0.5, 0.6) is 0 Å². The van der Waals surface area contributed by atoms with E-state index in [4.69, 9.17) is 0 Å². The van der Waals surface area contributed by atoms with Crippen LogP contribution in [0.25, 0.3) is 0 Å². The van der Waals surface area contributed by atoms with Crippen LogP contribution in [0.4, 0.5) is 22.0 Å². The fourth-order valence-corrected chi connectivity index (χ4v) is 3.21. The molecule has 3 rings (SSSR count). The van der Waals surface area contributed by atoms with Crippen molar-refractivity contribution in [2.45, 2.75) is 32.5 Å². The molecule has 3 heterocycles. The summed E-state index contributed by atoms with van der Waals surface area (Å²) < 4.78 is 66.8. The number of alkyl halides is 3. The van der Waals surface area contributed by atoms with Gasteiger partial charge in [-0.2, -0.15) is 13.2 Å². The number of nitrogens with zero attached hydrogens (tertiary/aromatic N) is 1. The monoisotopic (exact) mass is 427 g/mol. The van der Waals surface area contributed by atoms with Crippen LogP contribution in [0.15, 0.2) is 47.0 Å². The van der Waals surface area contributed by atoms with Crippen molar-refractivity contribution in [3.63, 3.8) is 0 Å². The molecule has 159 valence electrons. The van der Waals surface area contributed by atoms with E-state index >= 15 is 0 Å². The molecule has 0 aliphatic carbocycles. The van der Waals surface area contributed by atoms with Crippen LogP contribution in [0.3, 0.4) is 0 Å². The molecule has 2 aliphatic rings. The number of hydrogen-bond acceptors (Lipinski definition) is 4. The van der Waals surface area contributed by atoms with Crippen LogP contribution in [-0.4, -0.2) is 23.0 Å². The van der Waals surface area contributed by atoms with Gasteiger partial charge >= 0.3 is 6.18 Å². The molecule has 2 aliphatic heterocycles. The summed E-state index contributed by atoms with van der Waals surface area (Å²) in [5, 5.41) is 6.88. The third kappa shape index (κ3) is 4.19. The van der Waals surface area contributed by atoms with E-state index in [9.17, 15) is 31.5 Å².